The maximum Gasteiger partial charge on any atom is 0.408 e. The fourth-order valence-corrected chi connectivity index (χ4v) is 2.41. The van der Waals surface area contributed by atoms with Gasteiger partial charge < -0.3 is 29.4 Å². The average Bonchev–Trinajstić information content (AvgIpc) is 2.49. The number of carboxylic acid groups (broad SMARTS) is 1. The highest BCUT2D eigenvalue weighted by atomic mass is 32.2. The fraction of sp³-hybridized carbons (Fsp3) is 0.824. The molecule has 0 saturated carbocycles. The number of hydrogen-bond acceptors (Lipinski definition) is 8. The van der Waals surface area contributed by atoms with Crippen LogP contribution in [0.4, 0.5) is 4.79 Å². The standard InChI is InChI=1S/C17H31NO8S/c1-11(2)14(21)25-9-23-8-24-10-27-17(6,7)12(13(19)20)18-15(22)26-16(3,4)5/h11-12H,8-10H2,1-7H3,(H,18,22)(H,19,20)/t12-/m0/s1. The second-order valence-corrected chi connectivity index (χ2v) is 9.12. The van der Waals surface area contributed by atoms with Crippen molar-refractivity contribution < 1.29 is 38.4 Å². The molecule has 9 nitrogen and oxygen atoms in total. The van der Waals surface area contributed by atoms with Crippen molar-refractivity contribution in [3.8, 4) is 0 Å². The van der Waals surface area contributed by atoms with Crippen LogP contribution in [-0.2, 0) is 28.5 Å². The maximum atomic E-state index is 11.9. The van der Waals surface area contributed by atoms with Crippen LogP contribution in [0.15, 0.2) is 0 Å². The Morgan fingerprint density at radius 3 is 2.11 bits per heavy atom. The number of aliphatic carboxylic acids is 1. The molecule has 1 amide bonds. The third kappa shape index (κ3) is 11.7. The van der Waals surface area contributed by atoms with Gasteiger partial charge in [0, 0.05) is 4.75 Å². The molecule has 0 saturated heterocycles. The molecule has 1 atom stereocenters. The van der Waals surface area contributed by atoms with Crippen LogP contribution in [0.25, 0.3) is 0 Å². The quantitative estimate of drug-likeness (QED) is 0.301. The van der Waals surface area contributed by atoms with Crippen molar-refractivity contribution in [1.82, 2.24) is 5.32 Å². The van der Waals surface area contributed by atoms with Gasteiger partial charge >= 0.3 is 18.0 Å². The van der Waals surface area contributed by atoms with E-state index in [0.717, 1.165) is 0 Å². The highest BCUT2D eigenvalue weighted by molar-refractivity contribution is 8.00. The first-order valence-corrected chi connectivity index (χ1v) is 9.43. The number of hydrogen-bond donors (Lipinski definition) is 2. The zero-order chi connectivity index (χ0) is 21.3. The van der Waals surface area contributed by atoms with E-state index in [-0.39, 0.29) is 31.4 Å². The summed E-state index contributed by atoms with van der Waals surface area (Å²) in [7, 11) is 0. The van der Waals surface area contributed by atoms with E-state index in [4.69, 9.17) is 18.9 Å². The lowest BCUT2D eigenvalue weighted by Crippen LogP contribution is -2.53. The van der Waals surface area contributed by atoms with Crippen LogP contribution in [0.1, 0.15) is 48.5 Å². The van der Waals surface area contributed by atoms with Gasteiger partial charge in [0.25, 0.3) is 0 Å². The molecule has 0 rings (SSSR count). The van der Waals surface area contributed by atoms with E-state index >= 15 is 0 Å². The summed E-state index contributed by atoms with van der Waals surface area (Å²) < 4.78 is 19.3. The fourth-order valence-electron chi connectivity index (χ4n) is 1.63. The lowest BCUT2D eigenvalue weighted by Gasteiger charge is -2.32. The summed E-state index contributed by atoms with van der Waals surface area (Å²) in [6.07, 6.45) is -0.806. The Morgan fingerprint density at radius 1 is 1.04 bits per heavy atom. The molecule has 0 aromatic heterocycles. The Balaban J connectivity index is 4.33. The average molecular weight is 410 g/mol. The number of amides is 1. The predicted octanol–water partition coefficient (Wildman–Crippen LogP) is 2.58. The van der Waals surface area contributed by atoms with Crippen LogP contribution in [0.3, 0.4) is 0 Å². The van der Waals surface area contributed by atoms with Crippen molar-refractivity contribution in [2.45, 2.75) is 64.9 Å². The molecule has 158 valence electrons. The minimum Gasteiger partial charge on any atom is -0.480 e. The number of ether oxygens (including phenoxy) is 4. The third-order valence-corrected chi connectivity index (χ3v) is 4.30. The van der Waals surface area contributed by atoms with Crippen LogP contribution >= 0.6 is 11.8 Å². The van der Waals surface area contributed by atoms with Gasteiger partial charge in [0.15, 0.2) is 13.6 Å². The van der Waals surface area contributed by atoms with Gasteiger partial charge in [-0.1, -0.05) is 13.8 Å². The molecule has 0 aliphatic heterocycles. The first-order valence-electron chi connectivity index (χ1n) is 8.44. The number of rotatable bonds is 11. The van der Waals surface area contributed by atoms with Crippen molar-refractivity contribution in [2.75, 3.05) is 19.5 Å². The number of nitrogens with one attached hydrogen (secondary N) is 1. The minimum absolute atomic E-state index is 0.116. The molecule has 2 N–H and O–H groups in total. The normalized spacial score (nSPS) is 13.2. The van der Waals surface area contributed by atoms with Crippen LogP contribution in [0, 0.1) is 5.92 Å². The molecule has 0 fully saturated rings. The number of carbonyl (C=O) groups is 3. The number of carboxylic acids is 1. The molecule has 0 bridgehead atoms. The first kappa shape index (κ1) is 25.5. The molecule has 0 spiro atoms. The monoisotopic (exact) mass is 409 g/mol. The van der Waals surface area contributed by atoms with Crippen molar-refractivity contribution in [1.29, 1.82) is 0 Å². The Morgan fingerprint density at radius 2 is 1.63 bits per heavy atom. The van der Waals surface area contributed by atoms with Gasteiger partial charge in [0.05, 0.1) is 11.9 Å². The Bertz CT molecular complexity index is 502. The van der Waals surface area contributed by atoms with Crippen molar-refractivity contribution in [2.24, 2.45) is 5.92 Å². The van der Waals surface area contributed by atoms with Gasteiger partial charge in [-0.25, -0.2) is 9.59 Å². The molecule has 0 aromatic rings. The van der Waals surface area contributed by atoms with Crippen molar-refractivity contribution in [3.05, 3.63) is 0 Å². The van der Waals surface area contributed by atoms with Crippen molar-refractivity contribution in [3.63, 3.8) is 0 Å². The van der Waals surface area contributed by atoms with Gasteiger partial charge in [0.2, 0.25) is 0 Å². The summed E-state index contributed by atoms with van der Waals surface area (Å²) in [6, 6.07) is -1.19. The summed E-state index contributed by atoms with van der Waals surface area (Å²) in [5, 5.41) is 11.8. The van der Waals surface area contributed by atoms with Crippen LogP contribution in [0.2, 0.25) is 0 Å². The van der Waals surface area contributed by atoms with Crippen LogP contribution in [0.5, 0.6) is 0 Å². The molecular formula is C17H31NO8S. The highest BCUT2D eigenvalue weighted by Crippen LogP contribution is 2.29. The predicted molar refractivity (Wildman–Crippen MR) is 100 cm³/mol. The molecule has 0 heterocycles. The highest BCUT2D eigenvalue weighted by Gasteiger charge is 2.38. The lowest BCUT2D eigenvalue weighted by molar-refractivity contribution is -0.169. The van der Waals surface area contributed by atoms with E-state index in [1.807, 2.05) is 0 Å². The topological polar surface area (TPSA) is 120 Å². The maximum absolute atomic E-state index is 11.9. The molecule has 0 aliphatic rings. The first-order chi connectivity index (χ1) is 12.3. The van der Waals surface area contributed by atoms with Crippen LogP contribution in [-0.4, -0.2) is 59.1 Å². The summed E-state index contributed by atoms with van der Waals surface area (Å²) in [6.45, 7) is 11.5. The molecular weight excluding hydrogens is 378 g/mol. The number of alkyl carbamates (subject to hydrolysis) is 1. The Labute approximate surface area is 164 Å². The summed E-state index contributed by atoms with van der Waals surface area (Å²) in [5.41, 5.74) is -0.732. The van der Waals surface area contributed by atoms with E-state index in [1.165, 1.54) is 11.8 Å². The Kier molecular flexibility index (Phi) is 10.7. The molecule has 10 heteroatoms. The molecule has 0 aromatic carbocycles. The van der Waals surface area contributed by atoms with Gasteiger partial charge in [-0.05, 0) is 34.6 Å². The largest absolute Gasteiger partial charge is 0.480 e. The van der Waals surface area contributed by atoms with Gasteiger partial charge in [-0.3, -0.25) is 4.79 Å². The van der Waals surface area contributed by atoms with E-state index in [9.17, 15) is 19.5 Å². The molecule has 27 heavy (non-hydrogen) atoms. The smallest absolute Gasteiger partial charge is 0.408 e. The SMILES string of the molecule is CC(C)C(=O)OCOCOCSC(C)(C)[C@@H](NC(=O)OC(C)(C)C)C(=O)O. The van der Waals surface area contributed by atoms with E-state index in [2.05, 4.69) is 5.32 Å². The van der Waals surface area contributed by atoms with Gasteiger partial charge in [0.1, 0.15) is 11.6 Å². The van der Waals surface area contributed by atoms with E-state index in [1.54, 1.807) is 48.5 Å². The number of thioether (sulfide) groups is 1. The zero-order valence-electron chi connectivity index (χ0n) is 17.0. The minimum atomic E-state index is -1.19. The zero-order valence-corrected chi connectivity index (χ0v) is 17.8. The lowest BCUT2D eigenvalue weighted by atomic mass is 10.0. The number of esters is 1. The molecule has 0 unspecified atom stereocenters. The summed E-state index contributed by atoms with van der Waals surface area (Å²) in [5.74, 6) is -1.68. The second kappa shape index (κ2) is 11.4. The third-order valence-electron chi connectivity index (χ3n) is 3.04. The summed E-state index contributed by atoms with van der Waals surface area (Å²) in [4.78, 5) is 34.6. The van der Waals surface area contributed by atoms with E-state index in [0.29, 0.717) is 0 Å². The van der Waals surface area contributed by atoms with Gasteiger partial charge in [-0.15, -0.1) is 11.8 Å². The van der Waals surface area contributed by atoms with Crippen LogP contribution < -0.4 is 5.32 Å². The molecule has 0 aliphatic carbocycles. The number of carbonyl (C=O) groups excluding carboxylic acids is 2. The van der Waals surface area contributed by atoms with Crippen molar-refractivity contribution >= 4 is 29.8 Å². The second-order valence-electron chi connectivity index (χ2n) is 7.55. The molecule has 0 radical (unpaired) electrons. The summed E-state index contributed by atoms with van der Waals surface area (Å²) >= 11 is 1.18. The van der Waals surface area contributed by atoms with E-state index < -0.39 is 28.5 Å². The Hall–Kier alpha value is -1.52. The van der Waals surface area contributed by atoms with Gasteiger partial charge in [-0.2, -0.15) is 0 Å².